The van der Waals surface area contributed by atoms with Gasteiger partial charge in [0.25, 0.3) is 0 Å². The van der Waals surface area contributed by atoms with Crippen molar-refractivity contribution in [2.24, 2.45) is 0 Å². The Labute approximate surface area is 107 Å². The maximum atomic E-state index is 13.1. The molecule has 2 N–H and O–H groups in total. The number of piperidine rings is 1. The molecule has 0 spiro atoms. The second kappa shape index (κ2) is 6.25. The van der Waals surface area contributed by atoms with Crippen molar-refractivity contribution in [3.8, 4) is 0 Å². The van der Waals surface area contributed by atoms with Crippen LogP contribution in [0.1, 0.15) is 50.7 Å². The van der Waals surface area contributed by atoms with E-state index in [1.54, 1.807) is 6.20 Å². The highest BCUT2D eigenvalue weighted by atomic mass is 19.1. The van der Waals surface area contributed by atoms with Crippen LogP contribution in [-0.2, 0) is 0 Å². The molecule has 18 heavy (non-hydrogen) atoms. The lowest BCUT2D eigenvalue weighted by Crippen LogP contribution is -2.45. The number of hydrogen-bond donors (Lipinski definition) is 2. The van der Waals surface area contributed by atoms with Crippen molar-refractivity contribution in [1.82, 2.24) is 10.3 Å². The molecule has 1 aromatic rings. The van der Waals surface area contributed by atoms with E-state index >= 15 is 0 Å². The topological polar surface area (TPSA) is 45.2 Å². The average Bonchev–Trinajstić information content (AvgIpc) is 2.39. The van der Waals surface area contributed by atoms with E-state index < -0.39 is 11.9 Å². The van der Waals surface area contributed by atoms with Gasteiger partial charge in [0.05, 0.1) is 12.3 Å². The Morgan fingerprint density at radius 2 is 2.33 bits per heavy atom. The first-order valence-corrected chi connectivity index (χ1v) is 6.75. The first-order valence-electron chi connectivity index (χ1n) is 6.75. The first kappa shape index (κ1) is 13.4. The quantitative estimate of drug-likeness (QED) is 0.865. The number of aromatic nitrogens is 1. The van der Waals surface area contributed by atoms with Gasteiger partial charge < -0.3 is 10.4 Å². The van der Waals surface area contributed by atoms with Crippen LogP contribution in [0.3, 0.4) is 0 Å². The summed E-state index contributed by atoms with van der Waals surface area (Å²) in [5.41, 5.74) is 0.560. The van der Waals surface area contributed by atoms with E-state index in [9.17, 15) is 9.50 Å². The molecule has 1 aromatic heterocycles. The van der Waals surface area contributed by atoms with Gasteiger partial charge >= 0.3 is 0 Å². The fourth-order valence-corrected chi connectivity index (χ4v) is 2.70. The Balaban J connectivity index is 2.02. The van der Waals surface area contributed by atoms with Gasteiger partial charge in [-0.15, -0.1) is 0 Å². The Kier molecular flexibility index (Phi) is 4.66. The van der Waals surface area contributed by atoms with Gasteiger partial charge in [0, 0.05) is 23.8 Å². The lowest BCUT2D eigenvalue weighted by atomic mass is 9.91. The van der Waals surface area contributed by atoms with Crippen LogP contribution in [0, 0.1) is 5.82 Å². The minimum atomic E-state index is -0.673. The predicted octanol–water partition coefficient (Wildman–Crippen LogP) is 2.56. The highest BCUT2D eigenvalue weighted by Crippen LogP contribution is 2.25. The smallest absolute Gasteiger partial charge is 0.141 e. The van der Waals surface area contributed by atoms with E-state index in [2.05, 4.69) is 17.2 Å². The molecule has 3 nitrogen and oxygen atoms in total. The van der Waals surface area contributed by atoms with Gasteiger partial charge in [-0.05, 0) is 25.3 Å². The molecular weight excluding hydrogens is 231 g/mol. The average molecular weight is 252 g/mol. The summed E-state index contributed by atoms with van der Waals surface area (Å²) in [6, 6.07) is 1.85. The molecule has 1 aliphatic heterocycles. The second-order valence-electron chi connectivity index (χ2n) is 5.07. The molecule has 0 unspecified atom stereocenters. The standard InChI is InChI=1S/C14H21FN2O/c1-2-4-12-5-3-6-13(17-12)14(18)10-7-11(15)9-16-8-10/h7-9,12-14,17-18H,2-6H2,1H3/t12-,13+,14+/m0/s1. The van der Waals surface area contributed by atoms with E-state index in [1.807, 2.05) is 0 Å². The third-order valence-corrected chi connectivity index (χ3v) is 3.60. The van der Waals surface area contributed by atoms with Crippen LogP contribution < -0.4 is 5.32 Å². The molecule has 4 heteroatoms. The van der Waals surface area contributed by atoms with E-state index in [0.717, 1.165) is 31.9 Å². The molecule has 0 aliphatic carbocycles. The third-order valence-electron chi connectivity index (χ3n) is 3.60. The number of hydrogen-bond acceptors (Lipinski definition) is 3. The summed E-state index contributed by atoms with van der Waals surface area (Å²) in [6.45, 7) is 2.16. The van der Waals surface area contributed by atoms with Crippen LogP contribution in [0.2, 0.25) is 0 Å². The van der Waals surface area contributed by atoms with Crippen LogP contribution in [0.25, 0.3) is 0 Å². The molecular formula is C14H21FN2O. The minimum absolute atomic E-state index is 0.0129. The summed E-state index contributed by atoms with van der Waals surface area (Å²) < 4.78 is 13.1. The third kappa shape index (κ3) is 3.27. The Morgan fingerprint density at radius 3 is 3.06 bits per heavy atom. The summed E-state index contributed by atoms with van der Waals surface area (Å²) in [5, 5.41) is 13.8. The van der Waals surface area contributed by atoms with Gasteiger partial charge in [0.15, 0.2) is 0 Å². The van der Waals surface area contributed by atoms with Crippen molar-refractivity contribution in [2.75, 3.05) is 0 Å². The summed E-state index contributed by atoms with van der Waals surface area (Å²) in [4.78, 5) is 3.79. The number of rotatable bonds is 4. The SMILES string of the molecule is CCC[C@H]1CCC[C@H]([C@H](O)c2cncc(F)c2)N1. The van der Waals surface area contributed by atoms with Crippen molar-refractivity contribution < 1.29 is 9.50 Å². The molecule has 3 atom stereocenters. The summed E-state index contributed by atoms with van der Waals surface area (Å²) in [5.74, 6) is -0.396. The van der Waals surface area contributed by atoms with E-state index in [-0.39, 0.29) is 6.04 Å². The van der Waals surface area contributed by atoms with Crippen LogP contribution in [0.15, 0.2) is 18.5 Å². The number of aliphatic hydroxyl groups is 1. The van der Waals surface area contributed by atoms with Gasteiger partial charge in [-0.3, -0.25) is 4.98 Å². The van der Waals surface area contributed by atoms with Crippen molar-refractivity contribution in [1.29, 1.82) is 0 Å². The summed E-state index contributed by atoms with van der Waals surface area (Å²) in [6.07, 6.45) is 7.50. The second-order valence-corrected chi connectivity index (χ2v) is 5.07. The number of aliphatic hydroxyl groups excluding tert-OH is 1. The fourth-order valence-electron chi connectivity index (χ4n) is 2.70. The summed E-state index contributed by atoms with van der Waals surface area (Å²) >= 11 is 0. The largest absolute Gasteiger partial charge is 0.387 e. The van der Waals surface area contributed by atoms with Gasteiger partial charge in [0.2, 0.25) is 0 Å². The molecule has 1 saturated heterocycles. The number of nitrogens with one attached hydrogen (secondary N) is 1. The molecule has 0 radical (unpaired) electrons. The van der Waals surface area contributed by atoms with E-state index in [4.69, 9.17) is 0 Å². The molecule has 0 amide bonds. The fraction of sp³-hybridized carbons (Fsp3) is 0.643. The molecule has 2 rings (SSSR count). The van der Waals surface area contributed by atoms with Gasteiger partial charge in [-0.25, -0.2) is 4.39 Å². The zero-order chi connectivity index (χ0) is 13.0. The zero-order valence-corrected chi connectivity index (χ0v) is 10.8. The van der Waals surface area contributed by atoms with Gasteiger partial charge in [-0.2, -0.15) is 0 Å². The van der Waals surface area contributed by atoms with Crippen molar-refractivity contribution >= 4 is 0 Å². The maximum absolute atomic E-state index is 13.1. The molecule has 100 valence electrons. The lowest BCUT2D eigenvalue weighted by molar-refractivity contribution is 0.0992. The molecule has 0 saturated carbocycles. The van der Waals surface area contributed by atoms with Crippen molar-refractivity contribution in [3.05, 3.63) is 29.8 Å². The molecule has 2 heterocycles. The number of pyridine rings is 1. The highest BCUT2D eigenvalue weighted by Gasteiger charge is 2.27. The van der Waals surface area contributed by atoms with Gasteiger partial charge in [-0.1, -0.05) is 19.8 Å². The number of halogens is 1. The molecule has 1 fully saturated rings. The van der Waals surface area contributed by atoms with E-state index in [0.29, 0.717) is 11.6 Å². The minimum Gasteiger partial charge on any atom is -0.387 e. The molecule has 0 aromatic carbocycles. The van der Waals surface area contributed by atoms with Crippen molar-refractivity contribution in [3.63, 3.8) is 0 Å². The lowest BCUT2D eigenvalue weighted by Gasteiger charge is -2.34. The van der Waals surface area contributed by atoms with Crippen LogP contribution in [0.5, 0.6) is 0 Å². The first-order chi connectivity index (χ1) is 8.70. The van der Waals surface area contributed by atoms with Gasteiger partial charge in [0.1, 0.15) is 5.82 Å². The number of nitrogens with zero attached hydrogens (tertiary/aromatic N) is 1. The monoisotopic (exact) mass is 252 g/mol. The van der Waals surface area contributed by atoms with Crippen LogP contribution >= 0.6 is 0 Å². The van der Waals surface area contributed by atoms with Crippen molar-refractivity contribution in [2.45, 2.75) is 57.2 Å². The highest BCUT2D eigenvalue weighted by molar-refractivity contribution is 5.15. The predicted molar refractivity (Wildman–Crippen MR) is 68.6 cm³/mol. The van der Waals surface area contributed by atoms with Crippen LogP contribution in [-0.4, -0.2) is 22.2 Å². The zero-order valence-electron chi connectivity index (χ0n) is 10.8. The van der Waals surface area contributed by atoms with Crippen LogP contribution in [0.4, 0.5) is 4.39 Å². The Bertz CT molecular complexity index is 384. The molecule has 1 aliphatic rings. The Hall–Kier alpha value is -1.00. The normalized spacial score (nSPS) is 25.9. The Morgan fingerprint density at radius 1 is 1.50 bits per heavy atom. The molecule has 0 bridgehead atoms. The summed E-state index contributed by atoms with van der Waals surface area (Å²) in [7, 11) is 0. The van der Waals surface area contributed by atoms with E-state index in [1.165, 1.54) is 12.5 Å². The maximum Gasteiger partial charge on any atom is 0.141 e.